The number of nitrogens with zero attached hydrogens (tertiary/aromatic N) is 1. The van der Waals surface area contributed by atoms with Crippen LogP contribution in [0.2, 0.25) is 0 Å². The molecule has 1 aliphatic heterocycles. The van der Waals surface area contributed by atoms with Crippen molar-refractivity contribution < 1.29 is 19.1 Å². The minimum atomic E-state index is -0.660. The zero-order chi connectivity index (χ0) is 13.9. The van der Waals surface area contributed by atoms with Crippen molar-refractivity contribution in [3.63, 3.8) is 0 Å². The second-order valence-electron chi connectivity index (χ2n) is 4.20. The molecule has 0 aliphatic carbocycles. The molecule has 0 spiro atoms. The molecule has 20 heavy (non-hydrogen) atoms. The molecule has 0 unspecified atom stereocenters. The lowest BCUT2D eigenvalue weighted by Crippen LogP contribution is -2.28. The molecular formula is C15H11NO4. The van der Waals surface area contributed by atoms with Crippen LogP contribution in [-0.4, -0.2) is 18.6 Å². The van der Waals surface area contributed by atoms with Crippen molar-refractivity contribution in [1.82, 2.24) is 0 Å². The Morgan fingerprint density at radius 3 is 2.40 bits per heavy atom. The van der Waals surface area contributed by atoms with Crippen molar-refractivity contribution in [2.24, 2.45) is 0 Å². The summed E-state index contributed by atoms with van der Waals surface area (Å²) in [5.41, 5.74) is 0.436. The van der Waals surface area contributed by atoms with Crippen molar-refractivity contribution >= 4 is 17.7 Å². The van der Waals surface area contributed by atoms with E-state index in [1.807, 2.05) is 30.3 Å². The molecule has 5 heteroatoms. The smallest absolute Gasteiger partial charge is 0.421 e. The molecule has 5 nitrogen and oxygen atoms in total. The fourth-order valence-corrected chi connectivity index (χ4v) is 1.91. The lowest BCUT2D eigenvalue weighted by atomic mass is 10.2. The number of rotatable bonds is 3. The number of benzene rings is 2. The summed E-state index contributed by atoms with van der Waals surface area (Å²) in [6, 6.07) is 16.0. The topological polar surface area (TPSA) is 55.8 Å². The van der Waals surface area contributed by atoms with Crippen LogP contribution in [0, 0.1) is 0 Å². The minimum Gasteiger partial charge on any atom is -0.457 e. The van der Waals surface area contributed by atoms with Gasteiger partial charge in [-0.1, -0.05) is 24.3 Å². The van der Waals surface area contributed by atoms with Gasteiger partial charge < -0.3 is 9.47 Å². The van der Waals surface area contributed by atoms with Gasteiger partial charge in [-0.25, -0.2) is 9.69 Å². The summed E-state index contributed by atoms with van der Waals surface area (Å²) in [6.45, 7) is -0.220. The van der Waals surface area contributed by atoms with Crippen LogP contribution < -0.4 is 9.64 Å². The summed E-state index contributed by atoms with van der Waals surface area (Å²) in [5.74, 6) is 0.841. The minimum absolute atomic E-state index is 0.220. The first kappa shape index (κ1) is 12.2. The average molecular weight is 269 g/mol. The number of amides is 2. The maximum Gasteiger partial charge on any atom is 0.421 e. The summed E-state index contributed by atoms with van der Waals surface area (Å²) in [7, 11) is 0. The van der Waals surface area contributed by atoms with Gasteiger partial charge in [0, 0.05) is 6.07 Å². The van der Waals surface area contributed by atoms with Gasteiger partial charge in [-0.05, 0) is 24.3 Å². The molecule has 0 radical (unpaired) electrons. The van der Waals surface area contributed by atoms with Crippen LogP contribution in [0.15, 0.2) is 54.6 Å². The fraction of sp³-hybridized carbons (Fsp3) is 0.0667. The van der Waals surface area contributed by atoms with Gasteiger partial charge in [0.2, 0.25) is 0 Å². The third-order valence-electron chi connectivity index (χ3n) is 2.81. The van der Waals surface area contributed by atoms with Crippen molar-refractivity contribution in [1.29, 1.82) is 0 Å². The maximum absolute atomic E-state index is 11.6. The standard InChI is InChI=1S/C15H11NO4/c17-14-10-19-15(18)16(14)11-5-4-8-13(9-11)20-12-6-2-1-3-7-12/h1-9H,10H2. The Hall–Kier alpha value is -2.82. The molecule has 0 atom stereocenters. The summed E-state index contributed by atoms with van der Waals surface area (Å²) in [6.07, 6.45) is -0.660. The van der Waals surface area contributed by atoms with E-state index in [0.717, 1.165) is 4.90 Å². The molecule has 1 heterocycles. The lowest BCUT2D eigenvalue weighted by Gasteiger charge is -2.12. The number of anilines is 1. The average Bonchev–Trinajstić information content (AvgIpc) is 2.80. The number of carbonyl (C=O) groups excluding carboxylic acids is 2. The molecule has 2 amide bonds. The first-order valence-electron chi connectivity index (χ1n) is 6.07. The van der Waals surface area contributed by atoms with E-state index in [-0.39, 0.29) is 12.5 Å². The van der Waals surface area contributed by atoms with Crippen LogP contribution in [-0.2, 0) is 9.53 Å². The summed E-state index contributed by atoms with van der Waals surface area (Å²) >= 11 is 0. The Bertz CT molecular complexity index is 638. The predicted molar refractivity (Wildman–Crippen MR) is 71.8 cm³/mol. The van der Waals surface area contributed by atoms with Gasteiger partial charge in [0.15, 0.2) is 6.61 Å². The monoisotopic (exact) mass is 269 g/mol. The zero-order valence-corrected chi connectivity index (χ0v) is 10.5. The Labute approximate surface area is 115 Å². The predicted octanol–water partition coefficient (Wildman–Crippen LogP) is 2.96. The quantitative estimate of drug-likeness (QED) is 0.859. The van der Waals surface area contributed by atoms with E-state index in [1.54, 1.807) is 24.3 Å². The van der Waals surface area contributed by atoms with Crippen LogP contribution in [0.4, 0.5) is 10.5 Å². The molecule has 1 aliphatic rings. The van der Waals surface area contributed by atoms with Gasteiger partial charge in [-0.15, -0.1) is 0 Å². The molecule has 0 N–H and O–H groups in total. The van der Waals surface area contributed by atoms with Crippen molar-refractivity contribution in [2.45, 2.75) is 0 Å². The van der Waals surface area contributed by atoms with E-state index in [0.29, 0.717) is 17.2 Å². The summed E-state index contributed by atoms with van der Waals surface area (Å²) in [4.78, 5) is 24.1. The van der Waals surface area contributed by atoms with Crippen molar-refractivity contribution in [3.8, 4) is 11.5 Å². The highest BCUT2D eigenvalue weighted by Crippen LogP contribution is 2.27. The summed E-state index contributed by atoms with van der Waals surface area (Å²) in [5, 5.41) is 0. The summed E-state index contributed by atoms with van der Waals surface area (Å²) < 4.78 is 10.3. The Morgan fingerprint density at radius 2 is 1.70 bits per heavy atom. The number of hydrogen-bond acceptors (Lipinski definition) is 4. The van der Waals surface area contributed by atoms with E-state index in [2.05, 4.69) is 4.74 Å². The van der Waals surface area contributed by atoms with Crippen LogP contribution in [0.1, 0.15) is 0 Å². The molecule has 100 valence electrons. The van der Waals surface area contributed by atoms with Crippen LogP contribution in [0.25, 0.3) is 0 Å². The van der Waals surface area contributed by atoms with E-state index in [9.17, 15) is 9.59 Å². The number of para-hydroxylation sites is 1. The van der Waals surface area contributed by atoms with Gasteiger partial charge in [-0.2, -0.15) is 0 Å². The van der Waals surface area contributed by atoms with Crippen LogP contribution in [0.5, 0.6) is 11.5 Å². The van der Waals surface area contributed by atoms with E-state index in [4.69, 9.17) is 4.74 Å². The molecule has 3 rings (SSSR count). The van der Waals surface area contributed by atoms with E-state index < -0.39 is 6.09 Å². The molecule has 2 aromatic rings. The third kappa shape index (κ3) is 2.33. The Kier molecular flexibility index (Phi) is 3.09. The normalized spacial score (nSPS) is 14.3. The number of hydrogen-bond donors (Lipinski definition) is 0. The van der Waals surface area contributed by atoms with E-state index in [1.165, 1.54) is 0 Å². The fourth-order valence-electron chi connectivity index (χ4n) is 1.91. The second kappa shape index (κ2) is 5.05. The van der Waals surface area contributed by atoms with Crippen molar-refractivity contribution in [2.75, 3.05) is 11.5 Å². The number of imide groups is 1. The van der Waals surface area contributed by atoms with Gasteiger partial charge in [0.05, 0.1) is 5.69 Å². The third-order valence-corrected chi connectivity index (χ3v) is 2.81. The maximum atomic E-state index is 11.6. The molecule has 0 saturated carbocycles. The first-order valence-corrected chi connectivity index (χ1v) is 6.07. The van der Waals surface area contributed by atoms with Crippen LogP contribution >= 0.6 is 0 Å². The highest BCUT2D eigenvalue weighted by molar-refractivity contribution is 6.16. The second-order valence-corrected chi connectivity index (χ2v) is 4.20. The number of cyclic esters (lactones) is 1. The molecule has 0 bridgehead atoms. The van der Waals surface area contributed by atoms with Gasteiger partial charge in [-0.3, -0.25) is 4.79 Å². The van der Waals surface area contributed by atoms with Gasteiger partial charge in [0.1, 0.15) is 11.5 Å². The zero-order valence-electron chi connectivity index (χ0n) is 10.5. The Morgan fingerprint density at radius 1 is 0.950 bits per heavy atom. The molecule has 1 fully saturated rings. The lowest BCUT2D eigenvalue weighted by molar-refractivity contribution is -0.117. The molecular weight excluding hydrogens is 258 g/mol. The first-order chi connectivity index (χ1) is 9.74. The number of carbonyl (C=O) groups is 2. The number of ether oxygens (including phenoxy) is 2. The largest absolute Gasteiger partial charge is 0.457 e. The van der Waals surface area contributed by atoms with Crippen LogP contribution in [0.3, 0.4) is 0 Å². The molecule has 2 aromatic carbocycles. The van der Waals surface area contributed by atoms with Gasteiger partial charge >= 0.3 is 6.09 Å². The van der Waals surface area contributed by atoms with E-state index >= 15 is 0 Å². The SMILES string of the molecule is O=C1COC(=O)N1c1cccc(Oc2ccccc2)c1. The van der Waals surface area contributed by atoms with Crippen molar-refractivity contribution in [3.05, 3.63) is 54.6 Å². The van der Waals surface area contributed by atoms with Gasteiger partial charge in [0.25, 0.3) is 5.91 Å². The highest BCUT2D eigenvalue weighted by Gasteiger charge is 2.32. The molecule has 0 aromatic heterocycles. The highest BCUT2D eigenvalue weighted by atomic mass is 16.6. The Balaban J connectivity index is 1.86. The molecule has 1 saturated heterocycles.